The van der Waals surface area contributed by atoms with Crippen molar-refractivity contribution in [3.63, 3.8) is 0 Å². The molecule has 0 fully saturated rings. The predicted molar refractivity (Wildman–Crippen MR) is 64.3 cm³/mol. The van der Waals surface area contributed by atoms with Crippen molar-refractivity contribution in [3.8, 4) is 6.07 Å². The highest BCUT2D eigenvalue weighted by Crippen LogP contribution is 2.08. The molecule has 1 atom stereocenters. The summed E-state index contributed by atoms with van der Waals surface area (Å²) in [6.45, 7) is 2.82. The molecule has 4 heteroatoms. The highest BCUT2D eigenvalue weighted by molar-refractivity contribution is 5.69. The quantitative estimate of drug-likeness (QED) is 0.839. The molecule has 1 rings (SSSR count). The zero-order chi connectivity index (χ0) is 12.8. The molecule has 0 aliphatic rings. The van der Waals surface area contributed by atoms with Crippen molar-refractivity contribution in [3.05, 3.63) is 35.4 Å². The Hall–Kier alpha value is -1.86. The van der Waals surface area contributed by atoms with Gasteiger partial charge in [-0.2, -0.15) is 5.26 Å². The van der Waals surface area contributed by atoms with Gasteiger partial charge in [-0.25, -0.2) is 0 Å². The number of hydrogen-bond acceptors (Lipinski definition) is 3. The van der Waals surface area contributed by atoms with Crippen molar-refractivity contribution in [2.24, 2.45) is 5.92 Å². The summed E-state index contributed by atoms with van der Waals surface area (Å²) in [5, 5.41) is 17.6. The van der Waals surface area contributed by atoms with Crippen LogP contribution in [0.2, 0.25) is 0 Å². The van der Waals surface area contributed by atoms with E-state index < -0.39 is 5.97 Å². The van der Waals surface area contributed by atoms with Crippen LogP contribution in [0.5, 0.6) is 0 Å². The maximum atomic E-state index is 10.7. The summed E-state index contributed by atoms with van der Waals surface area (Å²) in [7, 11) is 1.87. The molecule has 0 radical (unpaired) electrons. The Kier molecular flexibility index (Phi) is 4.68. The molecule has 1 unspecified atom stereocenters. The van der Waals surface area contributed by atoms with Crippen LogP contribution in [0.4, 0.5) is 0 Å². The van der Waals surface area contributed by atoms with Crippen LogP contribution in [-0.4, -0.2) is 29.6 Å². The molecule has 1 aromatic carbocycles. The number of nitriles is 1. The lowest BCUT2D eigenvalue weighted by molar-refractivity contribution is -0.141. The number of benzene rings is 1. The third-order valence-electron chi connectivity index (χ3n) is 2.52. The van der Waals surface area contributed by atoms with Crippen molar-refractivity contribution in [1.29, 1.82) is 5.26 Å². The molecule has 0 bridgehead atoms. The van der Waals surface area contributed by atoms with Crippen LogP contribution in [-0.2, 0) is 11.3 Å². The highest BCUT2D eigenvalue weighted by Gasteiger charge is 2.13. The lowest BCUT2D eigenvalue weighted by atomic mass is 10.1. The van der Waals surface area contributed by atoms with Gasteiger partial charge in [-0.05, 0) is 24.7 Å². The van der Waals surface area contributed by atoms with Crippen LogP contribution >= 0.6 is 0 Å². The SMILES string of the molecule is CC(CN(C)Cc1cccc(C#N)c1)C(=O)O. The first-order valence-corrected chi connectivity index (χ1v) is 5.43. The first kappa shape index (κ1) is 13.2. The van der Waals surface area contributed by atoms with E-state index in [1.165, 1.54) is 0 Å². The minimum Gasteiger partial charge on any atom is -0.481 e. The summed E-state index contributed by atoms with van der Waals surface area (Å²) < 4.78 is 0. The second-order valence-corrected chi connectivity index (χ2v) is 4.25. The number of rotatable bonds is 5. The Morgan fingerprint density at radius 3 is 2.88 bits per heavy atom. The Morgan fingerprint density at radius 2 is 2.29 bits per heavy atom. The van der Waals surface area contributed by atoms with Crippen molar-refractivity contribution in [1.82, 2.24) is 4.90 Å². The first-order chi connectivity index (χ1) is 8.02. The first-order valence-electron chi connectivity index (χ1n) is 5.43. The number of aliphatic carboxylic acids is 1. The fourth-order valence-electron chi connectivity index (χ4n) is 1.66. The molecule has 90 valence electrons. The lowest BCUT2D eigenvalue weighted by Gasteiger charge is -2.19. The summed E-state index contributed by atoms with van der Waals surface area (Å²) in [6.07, 6.45) is 0. The van der Waals surface area contributed by atoms with Crippen LogP contribution in [0.1, 0.15) is 18.1 Å². The zero-order valence-electron chi connectivity index (χ0n) is 10.1. The lowest BCUT2D eigenvalue weighted by Crippen LogP contribution is -2.28. The van der Waals surface area contributed by atoms with Gasteiger partial charge in [-0.15, -0.1) is 0 Å². The van der Waals surface area contributed by atoms with Crippen molar-refractivity contribution >= 4 is 5.97 Å². The molecule has 0 saturated carbocycles. The minimum absolute atomic E-state index is 0.390. The second kappa shape index (κ2) is 6.02. The Morgan fingerprint density at radius 1 is 1.59 bits per heavy atom. The average Bonchev–Trinajstić information content (AvgIpc) is 2.28. The molecule has 1 N–H and O–H groups in total. The maximum Gasteiger partial charge on any atom is 0.307 e. The van der Waals surface area contributed by atoms with Crippen LogP contribution in [0.15, 0.2) is 24.3 Å². The number of hydrogen-bond donors (Lipinski definition) is 1. The second-order valence-electron chi connectivity index (χ2n) is 4.25. The van der Waals surface area contributed by atoms with E-state index in [1.54, 1.807) is 13.0 Å². The van der Waals surface area contributed by atoms with Gasteiger partial charge >= 0.3 is 5.97 Å². The number of carboxylic acids is 1. The van der Waals surface area contributed by atoms with E-state index in [9.17, 15) is 4.79 Å². The molecule has 0 aromatic heterocycles. The van der Waals surface area contributed by atoms with Gasteiger partial charge in [0, 0.05) is 13.1 Å². The molecule has 0 aliphatic carbocycles. The zero-order valence-corrected chi connectivity index (χ0v) is 10.1. The average molecular weight is 232 g/mol. The van der Waals surface area contributed by atoms with Crippen molar-refractivity contribution in [2.75, 3.05) is 13.6 Å². The summed E-state index contributed by atoms with van der Waals surface area (Å²) in [4.78, 5) is 12.7. The maximum absolute atomic E-state index is 10.7. The minimum atomic E-state index is -0.789. The van der Waals surface area contributed by atoms with E-state index in [2.05, 4.69) is 6.07 Å². The third kappa shape index (κ3) is 4.25. The highest BCUT2D eigenvalue weighted by atomic mass is 16.4. The van der Waals surface area contributed by atoms with Gasteiger partial charge in [-0.1, -0.05) is 19.1 Å². The molecule has 0 saturated heterocycles. The number of nitrogens with zero attached hydrogens (tertiary/aromatic N) is 2. The Labute approximate surface area is 101 Å². The normalized spacial score (nSPS) is 12.1. The molecule has 4 nitrogen and oxygen atoms in total. The smallest absolute Gasteiger partial charge is 0.307 e. The molecule has 1 aromatic rings. The van der Waals surface area contributed by atoms with Gasteiger partial charge in [-0.3, -0.25) is 4.79 Å². The molecular weight excluding hydrogens is 216 g/mol. The Balaban J connectivity index is 2.59. The van der Waals surface area contributed by atoms with Crippen molar-refractivity contribution < 1.29 is 9.90 Å². The van der Waals surface area contributed by atoms with E-state index in [1.807, 2.05) is 30.1 Å². The van der Waals surface area contributed by atoms with Gasteiger partial charge in [0.2, 0.25) is 0 Å². The molecule has 17 heavy (non-hydrogen) atoms. The monoisotopic (exact) mass is 232 g/mol. The van der Waals surface area contributed by atoms with Crippen LogP contribution in [0.3, 0.4) is 0 Å². The van der Waals surface area contributed by atoms with Crippen LogP contribution in [0.25, 0.3) is 0 Å². The van der Waals surface area contributed by atoms with Gasteiger partial charge in [0.05, 0.1) is 17.6 Å². The van der Waals surface area contributed by atoms with E-state index >= 15 is 0 Å². The van der Waals surface area contributed by atoms with Crippen LogP contribution < -0.4 is 0 Å². The fraction of sp³-hybridized carbons (Fsp3) is 0.385. The Bertz CT molecular complexity index is 437. The van der Waals surface area contributed by atoms with E-state index in [-0.39, 0.29) is 5.92 Å². The predicted octanol–water partition coefficient (Wildman–Crippen LogP) is 1.71. The molecule has 0 aliphatic heterocycles. The van der Waals surface area contributed by atoms with E-state index in [0.29, 0.717) is 18.7 Å². The summed E-state index contributed by atoms with van der Waals surface area (Å²) in [5.74, 6) is -1.18. The molecule has 0 heterocycles. The van der Waals surface area contributed by atoms with Gasteiger partial charge in [0.15, 0.2) is 0 Å². The van der Waals surface area contributed by atoms with Gasteiger partial charge in [0.25, 0.3) is 0 Å². The van der Waals surface area contributed by atoms with Crippen LogP contribution in [0, 0.1) is 17.2 Å². The van der Waals surface area contributed by atoms with E-state index in [0.717, 1.165) is 5.56 Å². The summed E-state index contributed by atoms with van der Waals surface area (Å²) in [5.41, 5.74) is 1.64. The molecular formula is C13H16N2O2. The molecule has 0 amide bonds. The van der Waals surface area contributed by atoms with Crippen molar-refractivity contribution in [2.45, 2.75) is 13.5 Å². The topological polar surface area (TPSA) is 64.3 Å². The number of carboxylic acid groups (broad SMARTS) is 1. The fourth-order valence-corrected chi connectivity index (χ4v) is 1.66. The van der Waals surface area contributed by atoms with Gasteiger partial charge < -0.3 is 10.0 Å². The molecule has 0 spiro atoms. The third-order valence-corrected chi connectivity index (χ3v) is 2.52. The number of carbonyl (C=O) groups is 1. The summed E-state index contributed by atoms with van der Waals surface area (Å²) >= 11 is 0. The largest absolute Gasteiger partial charge is 0.481 e. The standard InChI is InChI=1S/C13H16N2O2/c1-10(13(16)17)8-15(2)9-12-5-3-4-11(6-12)7-14/h3-6,10H,8-9H2,1-2H3,(H,16,17). The summed E-state index contributed by atoms with van der Waals surface area (Å²) in [6, 6.07) is 9.43. The van der Waals surface area contributed by atoms with Gasteiger partial charge in [0.1, 0.15) is 0 Å². The van der Waals surface area contributed by atoms with E-state index in [4.69, 9.17) is 10.4 Å².